The highest BCUT2D eigenvalue weighted by Gasteiger charge is 2.33. The molecule has 0 aliphatic heterocycles. The van der Waals surface area contributed by atoms with Gasteiger partial charge in [-0.05, 0) is 46.9 Å². The molecule has 8 heteroatoms. The third-order valence-electron chi connectivity index (χ3n) is 6.38. The molecule has 1 fully saturated rings. The molecule has 3 N–H and O–H groups in total. The van der Waals surface area contributed by atoms with Crippen molar-refractivity contribution in [3.8, 4) is 11.1 Å². The Kier molecular flexibility index (Phi) is 7.80. The Labute approximate surface area is 198 Å². The topological polar surface area (TPSA) is 114 Å². The Morgan fingerprint density at radius 2 is 1.62 bits per heavy atom. The number of carboxylic acid groups (broad SMARTS) is 1. The lowest BCUT2D eigenvalue weighted by Crippen LogP contribution is -2.35. The summed E-state index contributed by atoms with van der Waals surface area (Å²) in [5, 5.41) is 14.1. The van der Waals surface area contributed by atoms with Crippen molar-refractivity contribution in [3.63, 3.8) is 0 Å². The van der Waals surface area contributed by atoms with E-state index >= 15 is 0 Å². The highest BCUT2D eigenvalue weighted by atomic mass is 16.5. The maximum absolute atomic E-state index is 12.5. The molecule has 34 heavy (non-hydrogen) atoms. The van der Waals surface area contributed by atoms with E-state index in [0.29, 0.717) is 18.9 Å². The monoisotopic (exact) mass is 466 g/mol. The summed E-state index contributed by atoms with van der Waals surface area (Å²) in [4.78, 5) is 35.1. The smallest absolute Gasteiger partial charge is 0.407 e. The van der Waals surface area contributed by atoms with Gasteiger partial charge in [0.25, 0.3) is 0 Å². The van der Waals surface area contributed by atoms with Crippen LogP contribution < -0.4 is 10.6 Å². The fourth-order valence-corrected chi connectivity index (χ4v) is 4.57. The Morgan fingerprint density at radius 1 is 0.971 bits per heavy atom. The van der Waals surface area contributed by atoms with Gasteiger partial charge in [0, 0.05) is 25.4 Å². The second kappa shape index (κ2) is 11.2. The van der Waals surface area contributed by atoms with Crippen LogP contribution in [0, 0.1) is 11.8 Å². The molecular formula is C26H30N2O6. The molecule has 0 radical (unpaired) electrons. The average Bonchev–Trinajstić information content (AvgIpc) is 3.63. The molecule has 0 heterocycles. The van der Waals surface area contributed by atoms with Crippen LogP contribution in [0.3, 0.4) is 0 Å². The predicted octanol–water partition coefficient (Wildman–Crippen LogP) is 3.16. The second-order valence-electron chi connectivity index (χ2n) is 8.80. The van der Waals surface area contributed by atoms with Gasteiger partial charge in [-0.25, -0.2) is 9.59 Å². The van der Waals surface area contributed by atoms with E-state index in [9.17, 15) is 14.4 Å². The summed E-state index contributed by atoms with van der Waals surface area (Å²) in [6.45, 7) is 0.646. The number of alkyl carbamates (subject to hydrolysis) is 1. The number of hydrogen-bond donors (Lipinski definition) is 3. The number of benzene rings is 2. The summed E-state index contributed by atoms with van der Waals surface area (Å²) >= 11 is 0. The van der Waals surface area contributed by atoms with Crippen LogP contribution in [0.4, 0.5) is 4.79 Å². The lowest BCUT2D eigenvalue weighted by Gasteiger charge is -2.18. The fraction of sp³-hybridized carbons (Fsp3) is 0.423. The average molecular weight is 467 g/mol. The van der Waals surface area contributed by atoms with Crippen LogP contribution in [0.25, 0.3) is 11.1 Å². The number of fused-ring (bicyclic) bond motifs is 3. The molecule has 0 saturated heterocycles. The van der Waals surface area contributed by atoms with Gasteiger partial charge in [0.15, 0.2) is 0 Å². The lowest BCUT2D eigenvalue weighted by molar-refractivity contribution is -0.142. The molecule has 2 aliphatic rings. The molecule has 2 aliphatic carbocycles. The number of amides is 2. The van der Waals surface area contributed by atoms with E-state index in [1.807, 2.05) is 24.3 Å². The lowest BCUT2D eigenvalue weighted by atomic mass is 9.98. The molecule has 180 valence electrons. The van der Waals surface area contributed by atoms with Crippen LogP contribution in [0.15, 0.2) is 48.5 Å². The first-order chi connectivity index (χ1) is 16.5. The van der Waals surface area contributed by atoms with Gasteiger partial charge in [0.2, 0.25) is 5.91 Å². The molecule has 1 atom stereocenters. The predicted molar refractivity (Wildman–Crippen MR) is 125 cm³/mol. The minimum absolute atomic E-state index is 0.00602. The number of carboxylic acids is 1. The highest BCUT2D eigenvalue weighted by molar-refractivity contribution is 5.79. The molecular weight excluding hydrogens is 436 g/mol. The standard InChI is InChI=1S/C26H30N2O6/c29-24(27-11-12-33-16-25(30)31)13-18(17-9-10-17)14-28-26(32)34-15-23-21-7-3-1-5-19(21)20-6-2-4-8-22(20)23/h1-8,17-18,23H,9-16H2,(H,27,29)(H,28,32)(H,30,31). The maximum atomic E-state index is 12.5. The van der Waals surface area contributed by atoms with Crippen molar-refractivity contribution >= 4 is 18.0 Å². The normalized spacial score (nSPS) is 15.2. The van der Waals surface area contributed by atoms with Gasteiger partial charge in [-0.15, -0.1) is 0 Å². The van der Waals surface area contributed by atoms with E-state index in [1.54, 1.807) is 0 Å². The van der Waals surface area contributed by atoms with Crippen LogP contribution in [-0.2, 0) is 19.1 Å². The molecule has 1 unspecified atom stereocenters. The van der Waals surface area contributed by atoms with Gasteiger partial charge >= 0.3 is 12.1 Å². The molecule has 2 amide bonds. The van der Waals surface area contributed by atoms with E-state index in [2.05, 4.69) is 34.9 Å². The molecule has 0 bridgehead atoms. The van der Waals surface area contributed by atoms with E-state index < -0.39 is 12.1 Å². The van der Waals surface area contributed by atoms with E-state index in [-0.39, 0.29) is 44.1 Å². The minimum Gasteiger partial charge on any atom is -0.480 e. The van der Waals surface area contributed by atoms with E-state index in [0.717, 1.165) is 24.0 Å². The number of carbonyl (C=O) groups is 3. The van der Waals surface area contributed by atoms with Crippen LogP contribution in [0.2, 0.25) is 0 Å². The number of aliphatic carboxylic acids is 1. The van der Waals surface area contributed by atoms with E-state index in [4.69, 9.17) is 14.6 Å². The van der Waals surface area contributed by atoms with Gasteiger partial charge < -0.3 is 25.2 Å². The summed E-state index contributed by atoms with van der Waals surface area (Å²) in [5.74, 6) is -0.709. The van der Waals surface area contributed by atoms with Crippen molar-refractivity contribution in [2.75, 3.05) is 32.9 Å². The largest absolute Gasteiger partial charge is 0.480 e. The second-order valence-corrected chi connectivity index (χ2v) is 8.80. The Morgan fingerprint density at radius 3 is 2.24 bits per heavy atom. The first-order valence-electron chi connectivity index (χ1n) is 11.7. The van der Waals surface area contributed by atoms with Crippen molar-refractivity contribution in [3.05, 3.63) is 59.7 Å². The van der Waals surface area contributed by atoms with Crippen molar-refractivity contribution < 1.29 is 29.0 Å². The summed E-state index contributed by atoms with van der Waals surface area (Å²) in [6.07, 6.45) is 1.92. The first-order valence-corrected chi connectivity index (χ1v) is 11.7. The van der Waals surface area contributed by atoms with Gasteiger partial charge in [-0.2, -0.15) is 0 Å². The third-order valence-corrected chi connectivity index (χ3v) is 6.38. The Bertz CT molecular complexity index is 990. The van der Waals surface area contributed by atoms with Gasteiger partial charge in [-0.3, -0.25) is 4.79 Å². The zero-order valence-corrected chi connectivity index (χ0v) is 19.0. The molecule has 2 aromatic rings. The Balaban J connectivity index is 1.22. The van der Waals surface area contributed by atoms with Gasteiger partial charge in [0.05, 0.1) is 6.61 Å². The van der Waals surface area contributed by atoms with Gasteiger partial charge in [0.1, 0.15) is 13.2 Å². The molecule has 2 aromatic carbocycles. The van der Waals surface area contributed by atoms with Crippen molar-refractivity contribution in [2.24, 2.45) is 11.8 Å². The number of carbonyl (C=O) groups excluding carboxylic acids is 2. The van der Waals surface area contributed by atoms with Crippen LogP contribution in [0.1, 0.15) is 36.3 Å². The molecule has 0 aromatic heterocycles. The summed E-state index contributed by atoms with van der Waals surface area (Å²) in [7, 11) is 0. The number of hydrogen-bond acceptors (Lipinski definition) is 5. The zero-order valence-electron chi connectivity index (χ0n) is 19.0. The quantitative estimate of drug-likeness (QED) is 0.414. The zero-order chi connectivity index (χ0) is 23.9. The molecule has 1 saturated carbocycles. The summed E-state index contributed by atoms with van der Waals surface area (Å²) in [6, 6.07) is 16.4. The maximum Gasteiger partial charge on any atom is 0.407 e. The highest BCUT2D eigenvalue weighted by Crippen LogP contribution is 2.44. The number of rotatable bonds is 12. The van der Waals surface area contributed by atoms with Crippen LogP contribution in [-0.4, -0.2) is 56.0 Å². The van der Waals surface area contributed by atoms with Gasteiger partial charge in [-0.1, -0.05) is 48.5 Å². The summed E-state index contributed by atoms with van der Waals surface area (Å²) in [5.41, 5.74) is 4.69. The molecule has 8 nitrogen and oxygen atoms in total. The first kappa shape index (κ1) is 23.8. The van der Waals surface area contributed by atoms with Crippen LogP contribution in [0.5, 0.6) is 0 Å². The Hall–Kier alpha value is -3.39. The number of ether oxygens (including phenoxy) is 2. The van der Waals surface area contributed by atoms with Crippen molar-refractivity contribution in [1.29, 1.82) is 0 Å². The summed E-state index contributed by atoms with van der Waals surface area (Å²) < 4.78 is 10.5. The molecule has 0 spiro atoms. The van der Waals surface area contributed by atoms with Crippen molar-refractivity contribution in [2.45, 2.75) is 25.2 Å². The fourth-order valence-electron chi connectivity index (χ4n) is 4.57. The number of nitrogens with one attached hydrogen (secondary N) is 2. The molecule has 4 rings (SSSR count). The van der Waals surface area contributed by atoms with Crippen LogP contribution >= 0.6 is 0 Å². The van der Waals surface area contributed by atoms with Crippen molar-refractivity contribution in [1.82, 2.24) is 10.6 Å². The SMILES string of the molecule is O=C(O)COCCNC(=O)CC(CNC(=O)OCC1c2ccccc2-c2ccccc21)C1CC1. The third kappa shape index (κ3) is 6.14. The minimum atomic E-state index is -1.04. The van der Waals surface area contributed by atoms with E-state index in [1.165, 1.54) is 11.1 Å².